The van der Waals surface area contributed by atoms with Crippen LogP contribution in [0.4, 0.5) is 0 Å². The van der Waals surface area contributed by atoms with Gasteiger partial charge in [-0.15, -0.1) is 12.4 Å². The standard InChI is InChI=1S/C19H16N2O5.ClH/c1-11-15-9-13(26-12-5-3-2-4-6-12)7-8-14(15)18(24)17(21-11)19(25)20-10-16(22)23;/h2-9,24H,10H2,1H3,(H,20,25)(H,22,23);1H. The molecule has 0 aliphatic heterocycles. The third-order valence-electron chi connectivity index (χ3n) is 3.73. The zero-order valence-electron chi connectivity index (χ0n) is 14.3. The molecule has 27 heavy (non-hydrogen) atoms. The second-order valence-corrected chi connectivity index (χ2v) is 5.59. The van der Waals surface area contributed by atoms with Crippen LogP contribution in [0, 0.1) is 6.92 Å². The van der Waals surface area contributed by atoms with Crippen LogP contribution < -0.4 is 10.1 Å². The number of amides is 1. The third-order valence-corrected chi connectivity index (χ3v) is 3.73. The van der Waals surface area contributed by atoms with Crippen molar-refractivity contribution < 1.29 is 24.5 Å². The number of aryl methyl sites for hydroxylation is 1. The van der Waals surface area contributed by atoms with Gasteiger partial charge in [0.15, 0.2) is 11.4 Å². The van der Waals surface area contributed by atoms with E-state index in [0.29, 0.717) is 28.0 Å². The average molecular weight is 389 g/mol. The molecule has 8 heteroatoms. The van der Waals surface area contributed by atoms with Gasteiger partial charge in [0.05, 0.1) is 0 Å². The number of rotatable bonds is 5. The Morgan fingerprint density at radius 2 is 1.78 bits per heavy atom. The fourth-order valence-electron chi connectivity index (χ4n) is 2.52. The Bertz CT molecular complexity index is 992. The minimum atomic E-state index is -1.18. The highest BCUT2D eigenvalue weighted by Gasteiger charge is 2.18. The lowest BCUT2D eigenvalue weighted by Gasteiger charge is -2.12. The number of aromatic hydroxyl groups is 1. The maximum Gasteiger partial charge on any atom is 0.322 e. The van der Waals surface area contributed by atoms with E-state index in [9.17, 15) is 14.7 Å². The summed E-state index contributed by atoms with van der Waals surface area (Å²) in [7, 11) is 0. The molecule has 3 aromatic rings. The molecule has 0 spiro atoms. The van der Waals surface area contributed by atoms with Crippen molar-refractivity contribution in [1.82, 2.24) is 10.3 Å². The van der Waals surface area contributed by atoms with Crippen LogP contribution in [0.5, 0.6) is 17.2 Å². The second kappa shape index (κ2) is 8.37. The maximum atomic E-state index is 12.1. The molecular weight excluding hydrogens is 372 g/mol. The molecule has 7 nitrogen and oxygen atoms in total. The first-order chi connectivity index (χ1) is 12.5. The van der Waals surface area contributed by atoms with E-state index in [1.807, 2.05) is 30.3 Å². The number of aliphatic carboxylic acids is 1. The van der Waals surface area contributed by atoms with Crippen molar-refractivity contribution >= 4 is 35.1 Å². The summed E-state index contributed by atoms with van der Waals surface area (Å²) >= 11 is 0. The van der Waals surface area contributed by atoms with Crippen LogP contribution in [0.3, 0.4) is 0 Å². The van der Waals surface area contributed by atoms with Gasteiger partial charge in [0.25, 0.3) is 5.91 Å². The highest BCUT2D eigenvalue weighted by Crippen LogP contribution is 2.33. The molecule has 0 aliphatic rings. The lowest BCUT2D eigenvalue weighted by Crippen LogP contribution is -2.30. The summed E-state index contributed by atoms with van der Waals surface area (Å²) in [6.07, 6.45) is 0. The van der Waals surface area contributed by atoms with Gasteiger partial charge in [-0.3, -0.25) is 9.59 Å². The minimum Gasteiger partial charge on any atom is -0.505 e. The van der Waals surface area contributed by atoms with Crippen LogP contribution in [-0.2, 0) is 4.79 Å². The maximum absolute atomic E-state index is 12.1. The number of nitrogens with one attached hydrogen (secondary N) is 1. The Balaban J connectivity index is 0.00000261. The van der Waals surface area contributed by atoms with Gasteiger partial charge < -0.3 is 20.3 Å². The van der Waals surface area contributed by atoms with Crippen molar-refractivity contribution in [1.29, 1.82) is 0 Å². The van der Waals surface area contributed by atoms with Crippen molar-refractivity contribution in [3.63, 3.8) is 0 Å². The summed E-state index contributed by atoms with van der Waals surface area (Å²) in [5.74, 6) is -1.00. The molecule has 0 fully saturated rings. The first kappa shape index (κ1) is 20.0. The number of hydrogen-bond donors (Lipinski definition) is 3. The van der Waals surface area contributed by atoms with Gasteiger partial charge in [0.2, 0.25) is 0 Å². The number of carboxylic acid groups (broad SMARTS) is 1. The van der Waals surface area contributed by atoms with Crippen molar-refractivity contribution in [2.24, 2.45) is 0 Å². The number of carboxylic acids is 1. The van der Waals surface area contributed by atoms with Gasteiger partial charge >= 0.3 is 5.97 Å². The van der Waals surface area contributed by atoms with Crippen LogP contribution >= 0.6 is 12.4 Å². The molecule has 0 atom stereocenters. The summed E-state index contributed by atoms with van der Waals surface area (Å²) < 4.78 is 5.77. The van der Waals surface area contributed by atoms with E-state index < -0.39 is 18.4 Å². The number of ether oxygens (including phenoxy) is 1. The normalized spacial score (nSPS) is 10.1. The Labute approximate surface area is 161 Å². The quantitative estimate of drug-likeness (QED) is 0.619. The smallest absolute Gasteiger partial charge is 0.322 e. The van der Waals surface area contributed by atoms with Crippen LogP contribution in [0.2, 0.25) is 0 Å². The summed E-state index contributed by atoms with van der Waals surface area (Å²) in [5, 5.41) is 22.3. The average Bonchev–Trinajstić information content (AvgIpc) is 2.63. The predicted molar refractivity (Wildman–Crippen MR) is 102 cm³/mol. The SMILES string of the molecule is Cc1nc(C(=O)NCC(=O)O)c(O)c2ccc(Oc3ccccc3)cc12.Cl. The van der Waals surface area contributed by atoms with Crippen LogP contribution in [0.1, 0.15) is 16.2 Å². The van der Waals surface area contributed by atoms with E-state index >= 15 is 0 Å². The van der Waals surface area contributed by atoms with Crippen LogP contribution in [-0.4, -0.2) is 33.6 Å². The largest absolute Gasteiger partial charge is 0.505 e. The summed E-state index contributed by atoms with van der Waals surface area (Å²) in [4.78, 5) is 26.7. The number of pyridine rings is 1. The van der Waals surface area contributed by atoms with E-state index in [1.54, 1.807) is 25.1 Å². The van der Waals surface area contributed by atoms with Gasteiger partial charge in [0, 0.05) is 16.5 Å². The molecule has 3 rings (SSSR count). The Morgan fingerprint density at radius 1 is 1.07 bits per heavy atom. The van der Waals surface area contributed by atoms with Crippen molar-refractivity contribution in [3.8, 4) is 17.2 Å². The summed E-state index contributed by atoms with van der Waals surface area (Å²) in [6, 6.07) is 14.3. The molecule has 0 bridgehead atoms. The number of halogens is 1. The fourth-order valence-corrected chi connectivity index (χ4v) is 2.52. The van der Waals surface area contributed by atoms with Gasteiger partial charge in [-0.25, -0.2) is 4.98 Å². The van der Waals surface area contributed by atoms with E-state index in [0.717, 1.165) is 0 Å². The number of benzene rings is 2. The summed E-state index contributed by atoms with van der Waals surface area (Å²) in [5.41, 5.74) is 0.296. The molecule has 0 saturated heterocycles. The number of nitrogens with zero attached hydrogens (tertiary/aromatic N) is 1. The van der Waals surface area contributed by atoms with Crippen molar-refractivity contribution in [2.75, 3.05) is 6.54 Å². The predicted octanol–water partition coefficient (Wildman–Crippen LogP) is 3.28. The van der Waals surface area contributed by atoms with E-state index in [1.165, 1.54) is 0 Å². The molecule has 2 aromatic carbocycles. The molecule has 1 heterocycles. The number of carbonyl (C=O) groups is 2. The highest BCUT2D eigenvalue weighted by atomic mass is 35.5. The molecule has 0 aliphatic carbocycles. The van der Waals surface area contributed by atoms with E-state index in [-0.39, 0.29) is 23.9 Å². The third kappa shape index (κ3) is 4.45. The van der Waals surface area contributed by atoms with Crippen LogP contribution in [0.25, 0.3) is 10.8 Å². The first-order valence-electron chi connectivity index (χ1n) is 7.82. The fraction of sp³-hybridized carbons (Fsp3) is 0.105. The number of hydrogen-bond acceptors (Lipinski definition) is 5. The van der Waals surface area contributed by atoms with Crippen molar-refractivity contribution in [2.45, 2.75) is 6.92 Å². The molecule has 0 unspecified atom stereocenters. The van der Waals surface area contributed by atoms with Crippen LogP contribution in [0.15, 0.2) is 48.5 Å². The lowest BCUT2D eigenvalue weighted by molar-refractivity contribution is -0.135. The minimum absolute atomic E-state index is 0. The first-order valence-corrected chi connectivity index (χ1v) is 7.82. The Hall–Kier alpha value is -3.32. The Kier molecular flexibility index (Phi) is 6.20. The molecule has 3 N–H and O–H groups in total. The zero-order valence-corrected chi connectivity index (χ0v) is 15.1. The molecule has 0 saturated carbocycles. The highest BCUT2D eigenvalue weighted by molar-refractivity contribution is 6.03. The number of carbonyl (C=O) groups excluding carboxylic acids is 1. The molecule has 140 valence electrons. The number of para-hydroxylation sites is 1. The Morgan fingerprint density at radius 3 is 2.44 bits per heavy atom. The molecule has 1 aromatic heterocycles. The topological polar surface area (TPSA) is 109 Å². The lowest BCUT2D eigenvalue weighted by atomic mass is 10.1. The molecular formula is C19H17ClN2O5. The monoisotopic (exact) mass is 388 g/mol. The second-order valence-electron chi connectivity index (χ2n) is 5.59. The van der Waals surface area contributed by atoms with E-state index in [4.69, 9.17) is 9.84 Å². The number of aromatic nitrogens is 1. The van der Waals surface area contributed by atoms with E-state index in [2.05, 4.69) is 10.3 Å². The zero-order chi connectivity index (χ0) is 18.7. The summed E-state index contributed by atoms with van der Waals surface area (Å²) in [6.45, 7) is 1.14. The molecule has 1 amide bonds. The number of fused-ring (bicyclic) bond motifs is 1. The van der Waals surface area contributed by atoms with Gasteiger partial charge in [-0.2, -0.15) is 0 Å². The van der Waals surface area contributed by atoms with Gasteiger partial charge in [-0.1, -0.05) is 18.2 Å². The molecule has 0 radical (unpaired) electrons. The van der Waals surface area contributed by atoms with Gasteiger partial charge in [0.1, 0.15) is 18.0 Å². The van der Waals surface area contributed by atoms with Crippen molar-refractivity contribution in [3.05, 3.63) is 59.9 Å². The van der Waals surface area contributed by atoms with Gasteiger partial charge in [-0.05, 0) is 37.3 Å².